The minimum Gasteiger partial charge on any atom is -0.503 e. The summed E-state index contributed by atoms with van der Waals surface area (Å²) in [5.74, 6) is 0.116. The van der Waals surface area contributed by atoms with Gasteiger partial charge in [0.2, 0.25) is 5.88 Å². The highest BCUT2D eigenvalue weighted by molar-refractivity contribution is 6.30. The third kappa shape index (κ3) is 4.78. The molecule has 7 heteroatoms. The number of carbonyl (C=O) groups is 1. The van der Waals surface area contributed by atoms with Gasteiger partial charge in [0.05, 0.1) is 26.2 Å². The van der Waals surface area contributed by atoms with Crippen molar-refractivity contribution < 1.29 is 19.0 Å². The fourth-order valence-corrected chi connectivity index (χ4v) is 2.98. The quantitative estimate of drug-likeness (QED) is 0.325. The third-order valence-electron chi connectivity index (χ3n) is 4.30. The Morgan fingerprint density at radius 2 is 1.86 bits per heavy atom. The number of hydrogen-bond donors (Lipinski definition) is 0. The highest BCUT2D eigenvalue weighted by Crippen LogP contribution is 2.26. The summed E-state index contributed by atoms with van der Waals surface area (Å²) in [6.45, 7) is 0.244. The second-order valence-corrected chi connectivity index (χ2v) is 6.64. The highest BCUT2D eigenvalue weighted by atomic mass is 35.5. The number of hydrogen-bond acceptors (Lipinski definition) is 5. The first kappa shape index (κ1) is 20.5. The van der Waals surface area contributed by atoms with Crippen LogP contribution in [0.2, 0.25) is 5.02 Å². The number of nitrogens with zero attached hydrogens (tertiary/aromatic N) is 2. The smallest absolute Gasteiger partial charge is 0.341 e. The monoisotopic (exact) mass is 412 g/mol. The number of methoxy groups -OCH3 is 2. The molecular weight excluding hydrogens is 392 g/mol. The van der Waals surface area contributed by atoms with Gasteiger partial charge in [-0.25, -0.2) is 9.48 Å². The van der Waals surface area contributed by atoms with Crippen molar-refractivity contribution in [2.75, 3.05) is 14.2 Å². The number of carbonyl (C=O) groups excluding carboxylic acids is 1. The first-order chi connectivity index (χ1) is 14.0. The average Bonchev–Trinajstić information content (AvgIpc) is 3.11. The van der Waals surface area contributed by atoms with E-state index in [2.05, 4.69) is 5.10 Å². The van der Waals surface area contributed by atoms with Crippen LogP contribution < -0.4 is 4.74 Å². The molecule has 0 aliphatic carbocycles. The molecule has 0 atom stereocenters. The van der Waals surface area contributed by atoms with Crippen LogP contribution in [0.5, 0.6) is 5.88 Å². The van der Waals surface area contributed by atoms with E-state index in [1.807, 2.05) is 61.6 Å². The van der Waals surface area contributed by atoms with Crippen LogP contribution in [0.4, 0.5) is 0 Å². The maximum absolute atomic E-state index is 12.1. The third-order valence-corrected chi connectivity index (χ3v) is 4.55. The predicted octanol–water partition coefficient (Wildman–Crippen LogP) is 4.48. The molecule has 0 N–H and O–H groups in total. The lowest BCUT2D eigenvalue weighted by Crippen LogP contribution is -2.09. The minimum absolute atomic E-state index is 0.244. The molecule has 150 valence electrons. The van der Waals surface area contributed by atoms with Crippen LogP contribution in [-0.2, 0) is 27.9 Å². The first-order valence-corrected chi connectivity index (χ1v) is 9.23. The molecule has 1 aromatic heterocycles. The summed E-state index contributed by atoms with van der Waals surface area (Å²) < 4.78 is 17.6. The Morgan fingerprint density at radius 3 is 2.55 bits per heavy atom. The standard InChI is InChI=1S/C22H21ClN2O4/c1-25-21(12-20(24-25)15-8-10-17(23)11-9-15)29-13-16-6-4-5-7-18(16)19(14-27-2)22(26)28-3/h4-12,14H,13H2,1-3H3/b19-14+. The van der Waals surface area contributed by atoms with E-state index < -0.39 is 5.97 Å². The van der Waals surface area contributed by atoms with Crippen molar-refractivity contribution in [1.29, 1.82) is 0 Å². The highest BCUT2D eigenvalue weighted by Gasteiger charge is 2.17. The molecule has 1 heterocycles. The Morgan fingerprint density at radius 1 is 1.14 bits per heavy atom. The zero-order valence-corrected chi connectivity index (χ0v) is 17.1. The van der Waals surface area contributed by atoms with Crippen LogP contribution in [0.1, 0.15) is 11.1 Å². The van der Waals surface area contributed by atoms with Crippen LogP contribution in [0, 0.1) is 0 Å². The summed E-state index contributed by atoms with van der Waals surface area (Å²) in [6, 6.07) is 16.7. The van der Waals surface area contributed by atoms with Gasteiger partial charge in [0.25, 0.3) is 0 Å². The topological polar surface area (TPSA) is 62.6 Å². The van der Waals surface area contributed by atoms with Crippen molar-refractivity contribution >= 4 is 23.1 Å². The van der Waals surface area contributed by atoms with Gasteiger partial charge in [0.15, 0.2) is 0 Å². The van der Waals surface area contributed by atoms with Crippen LogP contribution in [0.15, 0.2) is 60.9 Å². The van der Waals surface area contributed by atoms with Crippen molar-refractivity contribution in [2.45, 2.75) is 6.61 Å². The second-order valence-electron chi connectivity index (χ2n) is 6.20. The van der Waals surface area contributed by atoms with Crippen molar-refractivity contribution in [3.63, 3.8) is 0 Å². The number of aromatic nitrogens is 2. The van der Waals surface area contributed by atoms with Crippen LogP contribution in [-0.4, -0.2) is 30.0 Å². The molecule has 0 saturated carbocycles. The number of aryl methyl sites for hydroxylation is 1. The summed E-state index contributed by atoms with van der Waals surface area (Å²) in [6.07, 6.45) is 1.37. The van der Waals surface area contributed by atoms with Crippen molar-refractivity contribution in [2.24, 2.45) is 7.05 Å². The van der Waals surface area contributed by atoms with E-state index in [0.29, 0.717) is 22.0 Å². The van der Waals surface area contributed by atoms with E-state index in [1.165, 1.54) is 20.5 Å². The van der Waals surface area contributed by atoms with Gasteiger partial charge in [-0.1, -0.05) is 48.0 Å². The largest absolute Gasteiger partial charge is 0.503 e. The molecule has 2 aromatic carbocycles. The van der Waals surface area contributed by atoms with E-state index in [1.54, 1.807) is 4.68 Å². The number of ether oxygens (including phenoxy) is 3. The SMILES string of the molecule is CO/C=C(/C(=O)OC)c1ccccc1COc1cc(-c2ccc(Cl)cc2)nn1C. The van der Waals surface area contributed by atoms with Gasteiger partial charge in [-0.15, -0.1) is 0 Å². The summed E-state index contributed by atoms with van der Waals surface area (Å²) in [5.41, 5.74) is 3.54. The molecule has 3 aromatic rings. The molecule has 0 bridgehead atoms. The Bertz CT molecular complexity index is 1030. The molecule has 0 saturated heterocycles. The lowest BCUT2D eigenvalue weighted by molar-refractivity contribution is -0.133. The fraction of sp³-hybridized carbons (Fsp3) is 0.182. The molecule has 6 nitrogen and oxygen atoms in total. The lowest BCUT2D eigenvalue weighted by atomic mass is 10.0. The van der Waals surface area contributed by atoms with Gasteiger partial charge in [0, 0.05) is 23.7 Å². The van der Waals surface area contributed by atoms with E-state index in [0.717, 1.165) is 16.8 Å². The van der Waals surface area contributed by atoms with Crippen molar-refractivity contribution in [3.8, 4) is 17.1 Å². The molecule has 0 aliphatic heterocycles. The van der Waals surface area contributed by atoms with E-state index >= 15 is 0 Å². The van der Waals surface area contributed by atoms with Gasteiger partial charge < -0.3 is 14.2 Å². The zero-order valence-electron chi connectivity index (χ0n) is 16.4. The van der Waals surface area contributed by atoms with E-state index in [-0.39, 0.29) is 6.61 Å². The molecule has 29 heavy (non-hydrogen) atoms. The van der Waals surface area contributed by atoms with Gasteiger partial charge >= 0.3 is 5.97 Å². The van der Waals surface area contributed by atoms with Crippen LogP contribution in [0.3, 0.4) is 0 Å². The molecular formula is C22H21ClN2O4. The number of benzene rings is 2. The Hall–Kier alpha value is -3.25. The Kier molecular flexibility index (Phi) is 6.57. The summed E-state index contributed by atoms with van der Waals surface area (Å²) in [7, 11) is 4.63. The summed E-state index contributed by atoms with van der Waals surface area (Å²) >= 11 is 5.95. The molecule has 0 amide bonds. The molecule has 0 unspecified atom stereocenters. The maximum Gasteiger partial charge on any atom is 0.341 e. The minimum atomic E-state index is -0.482. The van der Waals surface area contributed by atoms with Gasteiger partial charge in [-0.3, -0.25) is 0 Å². The normalized spacial score (nSPS) is 11.2. The number of esters is 1. The molecule has 3 rings (SSSR count). The maximum atomic E-state index is 12.1. The molecule has 0 radical (unpaired) electrons. The first-order valence-electron chi connectivity index (χ1n) is 8.85. The number of halogens is 1. The molecule has 0 fully saturated rings. The van der Waals surface area contributed by atoms with E-state index in [4.69, 9.17) is 25.8 Å². The van der Waals surface area contributed by atoms with E-state index in [9.17, 15) is 4.79 Å². The number of rotatable bonds is 7. The lowest BCUT2D eigenvalue weighted by Gasteiger charge is -2.12. The average molecular weight is 413 g/mol. The van der Waals surface area contributed by atoms with Gasteiger partial charge in [-0.2, -0.15) is 5.10 Å². The van der Waals surface area contributed by atoms with Gasteiger partial charge in [0.1, 0.15) is 12.2 Å². The summed E-state index contributed by atoms with van der Waals surface area (Å²) in [4.78, 5) is 12.1. The fourth-order valence-electron chi connectivity index (χ4n) is 2.86. The zero-order chi connectivity index (χ0) is 20.8. The van der Waals surface area contributed by atoms with Crippen LogP contribution in [0.25, 0.3) is 16.8 Å². The predicted molar refractivity (Wildman–Crippen MR) is 111 cm³/mol. The Balaban J connectivity index is 1.83. The van der Waals surface area contributed by atoms with Crippen molar-refractivity contribution in [1.82, 2.24) is 9.78 Å². The van der Waals surface area contributed by atoms with Crippen molar-refractivity contribution in [3.05, 3.63) is 77.0 Å². The Labute approximate surface area is 174 Å². The molecule has 0 aliphatic rings. The van der Waals surface area contributed by atoms with Gasteiger partial charge in [-0.05, 0) is 23.3 Å². The van der Waals surface area contributed by atoms with Crippen LogP contribution >= 0.6 is 11.6 Å². The molecule has 0 spiro atoms. The summed E-state index contributed by atoms with van der Waals surface area (Å²) in [5, 5.41) is 5.16. The second kappa shape index (κ2) is 9.30.